The Bertz CT molecular complexity index is 546. The van der Waals surface area contributed by atoms with Crippen LogP contribution in [-0.4, -0.2) is 33.2 Å². The van der Waals surface area contributed by atoms with Gasteiger partial charge in [-0.15, -0.1) is 0 Å². The van der Waals surface area contributed by atoms with E-state index in [0.717, 1.165) is 17.5 Å². The molecule has 0 fully saturated rings. The molecule has 19 heavy (non-hydrogen) atoms. The van der Waals surface area contributed by atoms with Crippen molar-refractivity contribution < 1.29 is 9.90 Å². The van der Waals surface area contributed by atoms with Crippen LogP contribution in [0.1, 0.15) is 19.8 Å². The number of carbonyl (C=O) groups excluding carboxylic acids is 1. The van der Waals surface area contributed by atoms with Crippen LogP contribution in [0.3, 0.4) is 0 Å². The molecule has 0 aliphatic heterocycles. The summed E-state index contributed by atoms with van der Waals surface area (Å²) in [6.45, 7) is 2.51. The van der Waals surface area contributed by atoms with Crippen LogP contribution in [0.4, 0.5) is 0 Å². The van der Waals surface area contributed by atoms with Crippen LogP contribution in [0.5, 0.6) is 0 Å². The molecule has 0 aliphatic rings. The van der Waals surface area contributed by atoms with Crippen LogP contribution in [0.25, 0.3) is 11.0 Å². The third kappa shape index (κ3) is 3.32. The van der Waals surface area contributed by atoms with E-state index in [2.05, 4.69) is 10.3 Å². The average molecular weight is 261 g/mol. The van der Waals surface area contributed by atoms with Crippen molar-refractivity contribution in [1.29, 1.82) is 0 Å². The number of imidazole rings is 1. The first-order valence-electron chi connectivity index (χ1n) is 6.54. The van der Waals surface area contributed by atoms with Gasteiger partial charge in [-0.2, -0.15) is 0 Å². The summed E-state index contributed by atoms with van der Waals surface area (Å²) in [6, 6.07) is 7.69. The topological polar surface area (TPSA) is 67.2 Å². The molecule has 1 aromatic heterocycles. The third-order valence-electron chi connectivity index (χ3n) is 3.19. The molecule has 1 atom stereocenters. The van der Waals surface area contributed by atoms with Gasteiger partial charge in [-0.05, 0) is 18.6 Å². The maximum atomic E-state index is 11.7. The molecule has 0 bridgehead atoms. The summed E-state index contributed by atoms with van der Waals surface area (Å²) < 4.78 is 1.97. The monoisotopic (exact) mass is 261 g/mol. The average Bonchev–Trinajstić information content (AvgIpc) is 2.86. The van der Waals surface area contributed by atoms with Gasteiger partial charge in [0.2, 0.25) is 5.91 Å². The minimum absolute atomic E-state index is 0.0176. The summed E-state index contributed by atoms with van der Waals surface area (Å²) in [5.41, 5.74) is 1.97. The molecule has 5 heteroatoms. The first-order chi connectivity index (χ1) is 9.24. The Morgan fingerprint density at radius 2 is 2.26 bits per heavy atom. The summed E-state index contributed by atoms with van der Waals surface area (Å²) >= 11 is 0. The molecule has 0 saturated heterocycles. The standard InChI is InChI=1S/C14H19N3O2/c1-2-11(9-18)16-14(19)7-8-17-10-15-12-5-3-4-6-13(12)17/h3-6,10-11,18H,2,7-9H2,1H3,(H,16,19)/t11-/m1/s1. The van der Waals surface area contributed by atoms with E-state index in [0.29, 0.717) is 13.0 Å². The molecule has 2 rings (SSSR count). The molecular formula is C14H19N3O2. The highest BCUT2D eigenvalue weighted by Gasteiger charge is 2.09. The van der Waals surface area contributed by atoms with E-state index >= 15 is 0 Å². The number of aliphatic hydroxyl groups is 1. The molecule has 0 unspecified atom stereocenters. The summed E-state index contributed by atoms with van der Waals surface area (Å²) in [4.78, 5) is 16.0. The number of amides is 1. The van der Waals surface area contributed by atoms with Crippen LogP contribution in [0.2, 0.25) is 0 Å². The fraction of sp³-hybridized carbons (Fsp3) is 0.429. The van der Waals surface area contributed by atoms with Gasteiger partial charge < -0.3 is 15.0 Å². The minimum atomic E-state index is -0.146. The number of aromatic nitrogens is 2. The molecule has 102 valence electrons. The zero-order valence-electron chi connectivity index (χ0n) is 11.0. The number of aliphatic hydroxyl groups excluding tert-OH is 1. The second-order valence-corrected chi connectivity index (χ2v) is 4.53. The first-order valence-corrected chi connectivity index (χ1v) is 6.54. The molecular weight excluding hydrogens is 242 g/mol. The highest BCUT2D eigenvalue weighted by Crippen LogP contribution is 2.12. The molecule has 2 N–H and O–H groups in total. The zero-order valence-corrected chi connectivity index (χ0v) is 11.0. The SMILES string of the molecule is CC[C@H](CO)NC(=O)CCn1cnc2ccccc21. The fourth-order valence-corrected chi connectivity index (χ4v) is 1.99. The van der Waals surface area contributed by atoms with E-state index in [1.54, 1.807) is 6.33 Å². The van der Waals surface area contributed by atoms with E-state index in [-0.39, 0.29) is 18.6 Å². The van der Waals surface area contributed by atoms with Crippen LogP contribution < -0.4 is 5.32 Å². The van der Waals surface area contributed by atoms with Crippen LogP contribution >= 0.6 is 0 Å². The van der Waals surface area contributed by atoms with Gasteiger partial charge in [-0.3, -0.25) is 4.79 Å². The fourth-order valence-electron chi connectivity index (χ4n) is 1.99. The van der Waals surface area contributed by atoms with Crippen molar-refractivity contribution in [3.05, 3.63) is 30.6 Å². The summed E-state index contributed by atoms with van der Waals surface area (Å²) in [6.07, 6.45) is 2.87. The van der Waals surface area contributed by atoms with Gasteiger partial charge in [0.25, 0.3) is 0 Å². The quantitative estimate of drug-likeness (QED) is 0.824. The van der Waals surface area contributed by atoms with Crippen molar-refractivity contribution in [1.82, 2.24) is 14.9 Å². The van der Waals surface area contributed by atoms with Crippen molar-refractivity contribution in [2.75, 3.05) is 6.61 Å². The summed E-state index contributed by atoms with van der Waals surface area (Å²) in [5, 5.41) is 11.8. The number of aryl methyl sites for hydroxylation is 1. The van der Waals surface area contributed by atoms with Gasteiger partial charge in [-0.25, -0.2) is 4.98 Å². The Morgan fingerprint density at radius 1 is 1.47 bits per heavy atom. The van der Waals surface area contributed by atoms with Crippen LogP contribution in [0.15, 0.2) is 30.6 Å². The zero-order chi connectivity index (χ0) is 13.7. The van der Waals surface area contributed by atoms with Gasteiger partial charge in [-0.1, -0.05) is 19.1 Å². The van der Waals surface area contributed by atoms with Crippen molar-refractivity contribution in [2.45, 2.75) is 32.4 Å². The smallest absolute Gasteiger partial charge is 0.222 e. The van der Waals surface area contributed by atoms with Gasteiger partial charge >= 0.3 is 0 Å². The number of para-hydroxylation sites is 2. The van der Waals surface area contributed by atoms with E-state index in [1.807, 2.05) is 35.8 Å². The first kappa shape index (κ1) is 13.5. The number of fused-ring (bicyclic) bond motifs is 1. The van der Waals surface area contributed by atoms with E-state index in [4.69, 9.17) is 5.11 Å². The third-order valence-corrected chi connectivity index (χ3v) is 3.19. The molecule has 0 radical (unpaired) electrons. The number of rotatable bonds is 6. The Hall–Kier alpha value is -1.88. The molecule has 0 saturated carbocycles. The number of nitrogens with one attached hydrogen (secondary N) is 1. The summed E-state index contributed by atoms with van der Waals surface area (Å²) in [7, 11) is 0. The second kappa shape index (κ2) is 6.33. The van der Waals surface area contributed by atoms with Crippen LogP contribution in [-0.2, 0) is 11.3 Å². The number of nitrogens with zero attached hydrogens (tertiary/aromatic N) is 2. The lowest BCUT2D eigenvalue weighted by Crippen LogP contribution is -2.37. The lowest BCUT2D eigenvalue weighted by molar-refractivity contribution is -0.122. The van der Waals surface area contributed by atoms with E-state index in [9.17, 15) is 4.79 Å². The molecule has 1 aromatic carbocycles. The van der Waals surface area contributed by atoms with Gasteiger partial charge in [0.15, 0.2) is 0 Å². The number of benzene rings is 1. The maximum Gasteiger partial charge on any atom is 0.222 e. The van der Waals surface area contributed by atoms with Gasteiger partial charge in [0.1, 0.15) is 0 Å². The number of carbonyl (C=O) groups is 1. The van der Waals surface area contributed by atoms with Gasteiger partial charge in [0, 0.05) is 13.0 Å². The molecule has 1 heterocycles. The second-order valence-electron chi connectivity index (χ2n) is 4.53. The molecule has 2 aromatic rings. The highest BCUT2D eigenvalue weighted by molar-refractivity contribution is 5.77. The van der Waals surface area contributed by atoms with E-state index < -0.39 is 0 Å². The largest absolute Gasteiger partial charge is 0.394 e. The normalized spacial score (nSPS) is 12.5. The summed E-state index contributed by atoms with van der Waals surface area (Å²) in [5.74, 6) is -0.0429. The Labute approximate surface area is 112 Å². The lowest BCUT2D eigenvalue weighted by atomic mass is 10.2. The maximum absolute atomic E-state index is 11.7. The number of hydrogen-bond donors (Lipinski definition) is 2. The Kier molecular flexibility index (Phi) is 4.52. The van der Waals surface area contributed by atoms with Crippen molar-refractivity contribution in [3.63, 3.8) is 0 Å². The molecule has 5 nitrogen and oxygen atoms in total. The number of hydrogen-bond acceptors (Lipinski definition) is 3. The molecule has 0 aliphatic carbocycles. The Morgan fingerprint density at radius 3 is 3.00 bits per heavy atom. The van der Waals surface area contributed by atoms with E-state index in [1.165, 1.54) is 0 Å². The van der Waals surface area contributed by atoms with Crippen LogP contribution in [0, 0.1) is 0 Å². The Balaban J connectivity index is 1.93. The molecule has 0 spiro atoms. The molecule has 1 amide bonds. The van der Waals surface area contributed by atoms with Crippen molar-refractivity contribution in [3.8, 4) is 0 Å². The van der Waals surface area contributed by atoms with Crippen molar-refractivity contribution >= 4 is 16.9 Å². The van der Waals surface area contributed by atoms with Crippen molar-refractivity contribution in [2.24, 2.45) is 0 Å². The predicted octanol–water partition coefficient (Wildman–Crippen LogP) is 1.31. The lowest BCUT2D eigenvalue weighted by Gasteiger charge is -2.14. The highest BCUT2D eigenvalue weighted by atomic mass is 16.3. The predicted molar refractivity (Wildman–Crippen MR) is 73.7 cm³/mol. The van der Waals surface area contributed by atoms with Gasteiger partial charge in [0.05, 0.1) is 30.0 Å². The minimum Gasteiger partial charge on any atom is -0.394 e.